The highest BCUT2D eigenvalue weighted by Gasteiger charge is 2.22. The second kappa shape index (κ2) is 8.10. The first kappa shape index (κ1) is 18.2. The molecule has 0 saturated carbocycles. The van der Waals surface area contributed by atoms with Gasteiger partial charge >= 0.3 is 0 Å². The molecule has 0 fully saturated rings. The molecule has 0 aliphatic heterocycles. The topological polar surface area (TPSA) is 68.2 Å². The number of phenols is 1. The van der Waals surface area contributed by atoms with Crippen LogP contribution < -0.4 is 19.1 Å². The maximum atomic E-state index is 13.0. The molecule has 2 aromatic carbocycles. The summed E-state index contributed by atoms with van der Waals surface area (Å²) < 4.78 is 15.9. The molecule has 2 rings (SSSR count). The monoisotopic (exact) mass is 343 g/mol. The molecule has 0 saturated heterocycles. The summed E-state index contributed by atoms with van der Waals surface area (Å²) in [5.41, 5.74) is 0.915. The van der Waals surface area contributed by atoms with Gasteiger partial charge in [0.1, 0.15) is 5.75 Å². The third kappa shape index (κ3) is 3.85. The van der Waals surface area contributed by atoms with Gasteiger partial charge in [0.15, 0.2) is 11.5 Å². The first-order valence-corrected chi connectivity index (χ1v) is 7.57. The molecule has 1 amide bonds. The van der Waals surface area contributed by atoms with E-state index < -0.39 is 0 Å². The Labute approximate surface area is 146 Å². The van der Waals surface area contributed by atoms with Crippen molar-refractivity contribution in [1.29, 1.82) is 0 Å². The highest BCUT2D eigenvalue weighted by Crippen LogP contribution is 2.38. The summed E-state index contributed by atoms with van der Waals surface area (Å²) in [5.74, 6) is 0.975. The van der Waals surface area contributed by atoms with Crippen molar-refractivity contribution in [3.63, 3.8) is 0 Å². The smallest absolute Gasteiger partial charge is 0.258 e. The Hall–Kier alpha value is -3.15. The highest BCUT2D eigenvalue weighted by atomic mass is 16.5. The molecule has 0 atom stereocenters. The number of methoxy groups -OCH3 is 3. The van der Waals surface area contributed by atoms with E-state index in [4.69, 9.17) is 14.2 Å². The lowest BCUT2D eigenvalue weighted by molar-refractivity contribution is 0.0989. The van der Waals surface area contributed by atoms with Crippen LogP contribution in [0, 0.1) is 0 Å². The maximum Gasteiger partial charge on any atom is 0.258 e. The summed E-state index contributed by atoms with van der Waals surface area (Å²) >= 11 is 0. The summed E-state index contributed by atoms with van der Waals surface area (Å²) in [5, 5.41) is 9.69. The lowest BCUT2D eigenvalue weighted by Crippen LogP contribution is -2.31. The van der Waals surface area contributed by atoms with E-state index in [1.165, 1.54) is 32.3 Å². The van der Waals surface area contributed by atoms with E-state index in [-0.39, 0.29) is 18.2 Å². The summed E-state index contributed by atoms with van der Waals surface area (Å²) in [4.78, 5) is 14.5. The van der Waals surface area contributed by atoms with E-state index in [9.17, 15) is 9.90 Å². The summed E-state index contributed by atoms with van der Waals surface area (Å²) in [6, 6.07) is 9.63. The van der Waals surface area contributed by atoms with Crippen LogP contribution in [0.25, 0.3) is 0 Å². The molecule has 0 aromatic heterocycles. The number of hydrogen-bond donors (Lipinski definition) is 1. The van der Waals surface area contributed by atoms with Crippen LogP contribution in [0.2, 0.25) is 0 Å². The van der Waals surface area contributed by atoms with E-state index in [1.54, 1.807) is 36.4 Å². The Bertz CT molecular complexity index is 747. The van der Waals surface area contributed by atoms with Crippen molar-refractivity contribution in [3.05, 3.63) is 54.6 Å². The van der Waals surface area contributed by atoms with Gasteiger partial charge in [0.2, 0.25) is 5.75 Å². The van der Waals surface area contributed by atoms with Crippen LogP contribution >= 0.6 is 0 Å². The lowest BCUT2D eigenvalue weighted by Gasteiger charge is -2.22. The number of carbonyl (C=O) groups is 1. The molecule has 6 heteroatoms. The average Bonchev–Trinajstić information content (AvgIpc) is 2.64. The Kier molecular flexibility index (Phi) is 5.89. The molecule has 132 valence electrons. The van der Waals surface area contributed by atoms with Crippen molar-refractivity contribution >= 4 is 11.6 Å². The van der Waals surface area contributed by atoms with Crippen LogP contribution in [0.4, 0.5) is 5.69 Å². The number of phenolic OH excluding ortho intramolecular Hbond substituents is 1. The molecule has 25 heavy (non-hydrogen) atoms. The molecule has 0 spiro atoms. The van der Waals surface area contributed by atoms with Gasteiger partial charge in [-0.2, -0.15) is 0 Å². The number of rotatable bonds is 7. The van der Waals surface area contributed by atoms with Gasteiger partial charge < -0.3 is 24.2 Å². The van der Waals surface area contributed by atoms with Crippen LogP contribution in [-0.4, -0.2) is 38.9 Å². The minimum Gasteiger partial charge on any atom is -0.508 e. The number of aromatic hydroxyl groups is 1. The minimum absolute atomic E-state index is 0.0734. The van der Waals surface area contributed by atoms with Gasteiger partial charge in [0.25, 0.3) is 5.91 Å². The number of anilines is 1. The molecule has 0 radical (unpaired) electrons. The SMILES string of the molecule is C=CCN(C(=O)c1cc(OC)c(OC)c(OC)c1)c1cccc(O)c1. The van der Waals surface area contributed by atoms with Crippen LogP contribution in [0.1, 0.15) is 10.4 Å². The van der Waals surface area contributed by atoms with Crippen molar-refractivity contribution in [2.45, 2.75) is 0 Å². The van der Waals surface area contributed by atoms with Crippen LogP contribution in [-0.2, 0) is 0 Å². The molecule has 0 unspecified atom stereocenters. The lowest BCUT2D eigenvalue weighted by atomic mass is 10.1. The number of hydrogen-bond acceptors (Lipinski definition) is 5. The minimum atomic E-state index is -0.287. The number of ether oxygens (including phenoxy) is 3. The van der Waals surface area contributed by atoms with E-state index in [0.29, 0.717) is 28.5 Å². The van der Waals surface area contributed by atoms with Gasteiger partial charge in [-0.3, -0.25) is 4.79 Å². The zero-order chi connectivity index (χ0) is 18.4. The number of amides is 1. The summed E-state index contributed by atoms with van der Waals surface area (Å²) in [6.07, 6.45) is 1.61. The van der Waals surface area contributed by atoms with E-state index in [2.05, 4.69) is 6.58 Å². The maximum absolute atomic E-state index is 13.0. The van der Waals surface area contributed by atoms with Gasteiger partial charge in [-0.15, -0.1) is 6.58 Å². The molecule has 0 heterocycles. The van der Waals surface area contributed by atoms with E-state index in [1.807, 2.05) is 0 Å². The molecule has 2 aromatic rings. The zero-order valence-corrected chi connectivity index (χ0v) is 14.5. The van der Waals surface area contributed by atoms with Crippen molar-refractivity contribution in [1.82, 2.24) is 0 Å². The molecule has 0 aliphatic rings. The standard InChI is InChI=1S/C19H21NO5/c1-5-9-20(14-7-6-8-15(21)12-14)19(22)13-10-16(23-2)18(25-4)17(11-13)24-3/h5-8,10-12,21H,1,9H2,2-4H3. The van der Waals surface area contributed by atoms with Gasteiger partial charge in [-0.05, 0) is 24.3 Å². The van der Waals surface area contributed by atoms with Gasteiger partial charge in [-0.1, -0.05) is 12.1 Å². The Morgan fingerprint density at radius 3 is 2.24 bits per heavy atom. The van der Waals surface area contributed by atoms with Crippen LogP contribution in [0.15, 0.2) is 49.1 Å². The number of carbonyl (C=O) groups excluding carboxylic acids is 1. The highest BCUT2D eigenvalue weighted by molar-refractivity contribution is 6.07. The fourth-order valence-electron chi connectivity index (χ4n) is 2.46. The third-order valence-corrected chi connectivity index (χ3v) is 3.61. The molecular formula is C19H21NO5. The van der Waals surface area contributed by atoms with Gasteiger partial charge in [-0.25, -0.2) is 0 Å². The van der Waals surface area contributed by atoms with Crippen molar-refractivity contribution in [3.8, 4) is 23.0 Å². The Morgan fingerprint density at radius 1 is 1.12 bits per heavy atom. The normalized spacial score (nSPS) is 10.0. The molecule has 6 nitrogen and oxygen atoms in total. The average molecular weight is 343 g/mol. The van der Waals surface area contributed by atoms with Crippen molar-refractivity contribution in [2.75, 3.05) is 32.8 Å². The Balaban J connectivity index is 2.50. The van der Waals surface area contributed by atoms with Gasteiger partial charge in [0, 0.05) is 23.9 Å². The third-order valence-electron chi connectivity index (χ3n) is 3.61. The van der Waals surface area contributed by atoms with Crippen molar-refractivity contribution < 1.29 is 24.1 Å². The first-order valence-electron chi connectivity index (χ1n) is 7.57. The predicted molar refractivity (Wildman–Crippen MR) is 96.1 cm³/mol. The zero-order valence-electron chi connectivity index (χ0n) is 14.5. The van der Waals surface area contributed by atoms with Crippen LogP contribution in [0.3, 0.4) is 0 Å². The Morgan fingerprint density at radius 2 is 1.76 bits per heavy atom. The van der Waals surface area contributed by atoms with Crippen molar-refractivity contribution in [2.24, 2.45) is 0 Å². The van der Waals surface area contributed by atoms with E-state index in [0.717, 1.165) is 0 Å². The van der Waals surface area contributed by atoms with E-state index >= 15 is 0 Å². The molecule has 0 aliphatic carbocycles. The predicted octanol–water partition coefficient (Wildman–Crippen LogP) is 3.25. The number of nitrogens with zero attached hydrogens (tertiary/aromatic N) is 1. The second-order valence-electron chi connectivity index (χ2n) is 5.14. The summed E-state index contributed by atoms with van der Waals surface area (Å²) in [7, 11) is 4.48. The molecular weight excluding hydrogens is 322 g/mol. The molecule has 1 N–H and O–H groups in total. The molecule has 0 bridgehead atoms. The van der Waals surface area contributed by atoms with Gasteiger partial charge in [0.05, 0.1) is 21.3 Å². The fraction of sp³-hybridized carbons (Fsp3) is 0.211. The van der Waals surface area contributed by atoms with Crippen LogP contribution in [0.5, 0.6) is 23.0 Å². The number of benzene rings is 2. The largest absolute Gasteiger partial charge is 0.508 e. The quantitative estimate of drug-likeness (QED) is 0.782. The fourth-order valence-corrected chi connectivity index (χ4v) is 2.46. The summed E-state index contributed by atoms with van der Waals surface area (Å²) in [6.45, 7) is 3.97. The first-order chi connectivity index (χ1) is 12.0. The second-order valence-corrected chi connectivity index (χ2v) is 5.14.